The predicted molar refractivity (Wildman–Crippen MR) is 92.0 cm³/mol. The van der Waals surface area contributed by atoms with Crippen LogP contribution < -0.4 is 10.1 Å². The number of nitrogens with one attached hydrogen (secondary N) is 1. The third-order valence-electron chi connectivity index (χ3n) is 3.74. The second-order valence-corrected chi connectivity index (χ2v) is 5.75. The third kappa shape index (κ3) is 5.38. The first-order chi connectivity index (χ1) is 11.6. The number of methoxy groups -OCH3 is 1. The van der Waals surface area contributed by atoms with Gasteiger partial charge in [0.1, 0.15) is 5.75 Å². The molecular weight excluding hydrogens is 306 g/mol. The lowest BCUT2D eigenvalue weighted by Gasteiger charge is -2.14. The molecule has 2 rings (SSSR count). The van der Waals surface area contributed by atoms with Crippen molar-refractivity contribution >= 4 is 5.97 Å². The van der Waals surface area contributed by atoms with E-state index in [9.17, 15) is 4.79 Å². The molecule has 0 aliphatic heterocycles. The van der Waals surface area contributed by atoms with Crippen molar-refractivity contribution in [1.82, 2.24) is 14.9 Å². The van der Waals surface area contributed by atoms with E-state index in [1.54, 1.807) is 6.20 Å². The Morgan fingerprint density at radius 2 is 2.04 bits per heavy atom. The first-order valence-electron chi connectivity index (χ1n) is 8.06. The molecule has 0 saturated carbocycles. The Balaban J connectivity index is 1.79. The SMILES string of the molecule is COC(=O)COc1c(C)cc(CNCCCn2ccnc2)cc1C. The Bertz CT molecular complexity index is 631. The Kier molecular flexibility index (Phi) is 6.81. The number of nitrogens with zero attached hydrogens (tertiary/aromatic N) is 2. The molecule has 1 aromatic heterocycles. The maximum absolute atomic E-state index is 11.2. The highest BCUT2D eigenvalue weighted by atomic mass is 16.6. The van der Waals surface area contributed by atoms with Gasteiger partial charge in [0.05, 0.1) is 13.4 Å². The van der Waals surface area contributed by atoms with Crippen LogP contribution in [0.2, 0.25) is 0 Å². The number of imidazole rings is 1. The zero-order chi connectivity index (χ0) is 17.4. The number of aromatic nitrogens is 2. The maximum atomic E-state index is 11.2. The van der Waals surface area contributed by atoms with E-state index in [1.807, 2.05) is 26.4 Å². The number of benzene rings is 1. The van der Waals surface area contributed by atoms with Gasteiger partial charge in [-0.2, -0.15) is 0 Å². The molecule has 1 heterocycles. The van der Waals surface area contributed by atoms with Crippen molar-refractivity contribution in [3.63, 3.8) is 0 Å². The van der Waals surface area contributed by atoms with Crippen LogP contribution in [0.1, 0.15) is 23.1 Å². The van der Waals surface area contributed by atoms with E-state index in [2.05, 4.69) is 31.7 Å². The van der Waals surface area contributed by atoms with Crippen molar-refractivity contribution in [2.45, 2.75) is 33.4 Å². The summed E-state index contributed by atoms with van der Waals surface area (Å²) in [5.74, 6) is 0.377. The largest absolute Gasteiger partial charge is 0.481 e. The summed E-state index contributed by atoms with van der Waals surface area (Å²) in [6.07, 6.45) is 6.65. The molecule has 24 heavy (non-hydrogen) atoms. The topological polar surface area (TPSA) is 65.4 Å². The van der Waals surface area contributed by atoms with Gasteiger partial charge < -0.3 is 19.4 Å². The average molecular weight is 331 g/mol. The minimum atomic E-state index is -0.377. The monoisotopic (exact) mass is 331 g/mol. The second kappa shape index (κ2) is 9.08. The van der Waals surface area contributed by atoms with E-state index >= 15 is 0 Å². The second-order valence-electron chi connectivity index (χ2n) is 5.75. The fraction of sp³-hybridized carbons (Fsp3) is 0.444. The van der Waals surface area contributed by atoms with Crippen molar-refractivity contribution in [3.8, 4) is 5.75 Å². The molecule has 0 unspecified atom stereocenters. The number of ether oxygens (including phenoxy) is 2. The fourth-order valence-corrected chi connectivity index (χ4v) is 2.60. The maximum Gasteiger partial charge on any atom is 0.343 e. The molecule has 0 aliphatic rings. The van der Waals surface area contributed by atoms with Gasteiger partial charge in [0, 0.05) is 25.5 Å². The molecule has 6 nitrogen and oxygen atoms in total. The van der Waals surface area contributed by atoms with Gasteiger partial charge in [-0.05, 0) is 43.5 Å². The summed E-state index contributed by atoms with van der Waals surface area (Å²) in [6, 6.07) is 4.17. The summed E-state index contributed by atoms with van der Waals surface area (Å²) in [4.78, 5) is 15.2. The Morgan fingerprint density at radius 1 is 1.29 bits per heavy atom. The lowest BCUT2D eigenvalue weighted by Crippen LogP contribution is -2.17. The molecule has 0 radical (unpaired) electrons. The van der Waals surface area contributed by atoms with E-state index in [0.29, 0.717) is 0 Å². The van der Waals surface area contributed by atoms with Gasteiger partial charge in [-0.25, -0.2) is 9.78 Å². The molecule has 0 amide bonds. The summed E-state index contributed by atoms with van der Waals surface area (Å²) in [5.41, 5.74) is 3.25. The first kappa shape index (κ1) is 18.0. The van der Waals surface area contributed by atoms with Crippen LogP contribution >= 0.6 is 0 Å². The standard InChI is InChI=1S/C18H25N3O3/c1-14-9-16(10-15(2)18(14)24-12-17(22)23-3)11-19-5-4-7-21-8-6-20-13-21/h6,8-10,13,19H,4-5,7,11-12H2,1-3H3. The van der Waals surface area contributed by atoms with Crippen LogP contribution in [-0.4, -0.2) is 35.8 Å². The highest BCUT2D eigenvalue weighted by Gasteiger charge is 2.09. The van der Waals surface area contributed by atoms with Gasteiger partial charge in [0.2, 0.25) is 0 Å². The predicted octanol–water partition coefficient (Wildman–Crippen LogP) is 2.23. The zero-order valence-corrected chi connectivity index (χ0v) is 14.5. The molecule has 0 spiro atoms. The summed E-state index contributed by atoms with van der Waals surface area (Å²) < 4.78 is 12.2. The molecule has 0 aliphatic carbocycles. The van der Waals surface area contributed by atoms with Crippen LogP contribution in [0.15, 0.2) is 30.9 Å². The lowest BCUT2D eigenvalue weighted by atomic mass is 10.1. The zero-order valence-electron chi connectivity index (χ0n) is 14.5. The number of aryl methyl sites for hydroxylation is 3. The van der Waals surface area contributed by atoms with E-state index < -0.39 is 0 Å². The molecule has 0 atom stereocenters. The molecule has 1 aromatic carbocycles. The number of carbonyl (C=O) groups excluding carboxylic acids is 1. The molecule has 0 fully saturated rings. The van der Waals surface area contributed by atoms with Gasteiger partial charge in [-0.15, -0.1) is 0 Å². The van der Waals surface area contributed by atoms with Crippen LogP contribution in [0.25, 0.3) is 0 Å². The van der Waals surface area contributed by atoms with Gasteiger partial charge in [0.25, 0.3) is 0 Å². The van der Waals surface area contributed by atoms with E-state index in [4.69, 9.17) is 4.74 Å². The molecular formula is C18H25N3O3. The van der Waals surface area contributed by atoms with Gasteiger partial charge in [0.15, 0.2) is 6.61 Å². The van der Waals surface area contributed by atoms with Gasteiger partial charge >= 0.3 is 5.97 Å². The number of esters is 1. The highest BCUT2D eigenvalue weighted by molar-refractivity contribution is 5.71. The van der Waals surface area contributed by atoms with Crippen molar-refractivity contribution < 1.29 is 14.3 Å². The summed E-state index contributed by atoms with van der Waals surface area (Å²) >= 11 is 0. The fourth-order valence-electron chi connectivity index (χ4n) is 2.60. The number of hydrogen-bond donors (Lipinski definition) is 1. The Hall–Kier alpha value is -2.34. The molecule has 0 bridgehead atoms. The minimum absolute atomic E-state index is 0.0654. The van der Waals surface area contributed by atoms with E-state index in [1.165, 1.54) is 12.7 Å². The lowest BCUT2D eigenvalue weighted by molar-refractivity contribution is -0.142. The summed E-state index contributed by atoms with van der Waals surface area (Å²) in [7, 11) is 1.35. The van der Waals surface area contributed by atoms with Crippen LogP contribution in [0.3, 0.4) is 0 Å². The van der Waals surface area contributed by atoms with E-state index in [-0.39, 0.29) is 12.6 Å². The molecule has 2 aromatic rings. The van der Waals surface area contributed by atoms with Gasteiger partial charge in [-0.3, -0.25) is 0 Å². The normalized spacial score (nSPS) is 10.6. The number of rotatable bonds is 9. The molecule has 1 N–H and O–H groups in total. The van der Waals surface area contributed by atoms with E-state index in [0.717, 1.165) is 42.9 Å². The average Bonchev–Trinajstić information content (AvgIpc) is 3.06. The van der Waals surface area contributed by atoms with Crippen molar-refractivity contribution in [2.24, 2.45) is 0 Å². The van der Waals surface area contributed by atoms with Gasteiger partial charge in [-0.1, -0.05) is 12.1 Å². The highest BCUT2D eigenvalue weighted by Crippen LogP contribution is 2.24. The molecule has 130 valence electrons. The van der Waals surface area contributed by atoms with Crippen LogP contribution in [-0.2, 0) is 22.6 Å². The third-order valence-corrected chi connectivity index (χ3v) is 3.74. The van der Waals surface area contributed by atoms with Crippen LogP contribution in [0, 0.1) is 13.8 Å². The molecule has 0 saturated heterocycles. The Labute approximate surface area is 142 Å². The minimum Gasteiger partial charge on any atom is -0.481 e. The smallest absolute Gasteiger partial charge is 0.343 e. The summed E-state index contributed by atoms with van der Waals surface area (Å²) in [5, 5.41) is 3.45. The first-order valence-corrected chi connectivity index (χ1v) is 8.06. The Morgan fingerprint density at radius 3 is 2.67 bits per heavy atom. The van der Waals surface area contributed by atoms with Crippen molar-refractivity contribution in [2.75, 3.05) is 20.3 Å². The van der Waals surface area contributed by atoms with Crippen LogP contribution in [0.4, 0.5) is 0 Å². The number of carbonyl (C=O) groups is 1. The summed E-state index contributed by atoms with van der Waals surface area (Å²) in [6.45, 7) is 6.62. The van der Waals surface area contributed by atoms with Crippen LogP contribution in [0.5, 0.6) is 5.75 Å². The quantitative estimate of drug-likeness (QED) is 0.564. The molecule has 6 heteroatoms. The van der Waals surface area contributed by atoms with Crippen molar-refractivity contribution in [3.05, 3.63) is 47.5 Å². The van der Waals surface area contributed by atoms with Crippen molar-refractivity contribution in [1.29, 1.82) is 0 Å². The number of hydrogen-bond acceptors (Lipinski definition) is 5.